The molecule has 0 aliphatic rings. The summed E-state index contributed by atoms with van der Waals surface area (Å²) >= 11 is 0. The predicted molar refractivity (Wildman–Crippen MR) is 79.6 cm³/mol. The van der Waals surface area contributed by atoms with E-state index >= 15 is 0 Å². The van der Waals surface area contributed by atoms with E-state index in [2.05, 4.69) is 9.97 Å². The Morgan fingerprint density at radius 3 is 2.65 bits per heavy atom. The summed E-state index contributed by atoms with van der Waals surface area (Å²) in [6.45, 7) is 2.05. The van der Waals surface area contributed by atoms with Gasteiger partial charge in [-0.25, -0.2) is 4.98 Å². The second-order valence-corrected chi connectivity index (χ2v) is 4.51. The SMILES string of the molecule is Cc1ccc(Oc2ccnc(N)c2N)c2cnccc12. The van der Waals surface area contributed by atoms with Crippen molar-refractivity contribution in [3.63, 3.8) is 0 Å². The highest BCUT2D eigenvalue weighted by Crippen LogP contribution is 2.34. The molecular formula is C15H14N4O. The Hall–Kier alpha value is -2.82. The van der Waals surface area contributed by atoms with Gasteiger partial charge in [0.05, 0.1) is 0 Å². The van der Waals surface area contributed by atoms with Crippen LogP contribution in [0.4, 0.5) is 11.5 Å². The molecule has 0 spiro atoms. The number of benzene rings is 1. The number of ether oxygens (including phenoxy) is 1. The number of rotatable bonds is 2. The minimum Gasteiger partial charge on any atom is -0.454 e. The summed E-state index contributed by atoms with van der Waals surface area (Å²) < 4.78 is 5.87. The summed E-state index contributed by atoms with van der Waals surface area (Å²) in [6, 6.07) is 7.54. The number of fused-ring (bicyclic) bond motifs is 1. The Kier molecular flexibility index (Phi) is 2.87. The molecule has 0 radical (unpaired) electrons. The van der Waals surface area contributed by atoms with Crippen molar-refractivity contribution < 1.29 is 4.74 Å². The molecule has 2 heterocycles. The van der Waals surface area contributed by atoms with Crippen LogP contribution in [-0.4, -0.2) is 9.97 Å². The highest BCUT2D eigenvalue weighted by Gasteiger charge is 2.09. The third kappa shape index (κ3) is 1.99. The Bertz CT molecular complexity index is 786. The minimum atomic E-state index is 0.261. The van der Waals surface area contributed by atoms with Crippen molar-refractivity contribution in [3.05, 3.63) is 48.4 Å². The van der Waals surface area contributed by atoms with Crippen molar-refractivity contribution in [1.29, 1.82) is 0 Å². The van der Waals surface area contributed by atoms with Gasteiger partial charge in [-0.05, 0) is 30.0 Å². The monoisotopic (exact) mass is 266 g/mol. The van der Waals surface area contributed by atoms with Gasteiger partial charge in [0.1, 0.15) is 17.3 Å². The van der Waals surface area contributed by atoms with Gasteiger partial charge >= 0.3 is 0 Å². The third-order valence-electron chi connectivity index (χ3n) is 3.20. The fourth-order valence-corrected chi connectivity index (χ4v) is 2.08. The molecule has 5 heteroatoms. The molecule has 0 saturated heterocycles. The van der Waals surface area contributed by atoms with Gasteiger partial charge in [-0.15, -0.1) is 0 Å². The second-order valence-electron chi connectivity index (χ2n) is 4.51. The zero-order chi connectivity index (χ0) is 14.1. The molecule has 0 unspecified atom stereocenters. The topological polar surface area (TPSA) is 87.0 Å². The molecule has 3 rings (SSSR count). The molecule has 20 heavy (non-hydrogen) atoms. The molecule has 0 bridgehead atoms. The van der Waals surface area contributed by atoms with Crippen LogP contribution in [0.3, 0.4) is 0 Å². The molecule has 0 saturated carbocycles. The number of nitrogens with zero attached hydrogens (tertiary/aromatic N) is 2. The van der Waals surface area contributed by atoms with Crippen LogP contribution in [0.2, 0.25) is 0 Å². The molecule has 0 fully saturated rings. The quantitative estimate of drug-likeness (QED) is 0.744. The zero-order valence-electron chi connectivity index (χ0n) is 11.0. The molecule has 0 atom stereocenters. The van der Waals surface area contributed by atoms with E-state index < -0.39 is 0 Å². The maximum absolute atomic E-state index is 5.88. The number of aryl methyl sites for hydroxylation is 1. The van der Waals surface area contributed by atoms with E-state index in [4.69, 9.17) is 16.2 Å². The first-order valence-corrected chi connectivity index (χ1v) is 6.18. The Morgan fingerprint density at radius 2 is 1.80 bits per heavy atom. The summed E-state index contributed by atoms with van der Waals surface area (Å²) in [7, 11) is 0. The maximum Gasteiger partial charge on any atom is 0.155 e. The summed E-state index contributed by atoms with van der Waals surface area (Å²) in [6.07, 6.45) is 5.10. The Morgan fingerprint density at radius 1 is 0.950 bits per heavy atom. The maximum atomic E-state index is 5.88. The van der Waals surface area contributed by atoms with Crippen molar-refractivity contribution in [2.45, 2.75) is 6.92 Å². The zero-order valence-corrected chi connectivity index (χ0v) is 11.0. The number of pyridine rings is 2. The van der Waals surface area contributed by atoms with Crippen LogP contribution in [0.1, 0.15) is 5.56 Å². The molecule has 1 aromatic carbocycles. The van der Waals surface area contributed by atoms with Gasteiger partial charge in [0, 0.05) is 30.0 Å². The van der Waals surface area contributed by atoms with E-state index in [9.17, 15) is 0 Å². The molecule has 4 N–H and O–H groups in total. The number of hydrogen-bond donors (Lipinski definition) is 2. The predicted octanol–water partition coefficient (Wildman–Crippen LogP) is 2.89. The van der Waals surface area contributed by atoms with E-state index in [0.29, 0.717) is 17.2 Å². The summed E-state index contributed by atoms with van der Waals surface area (Å²) in [5.74, 6) is 1.44. The van der Waals surface area contributed by atoms with E-state index in [1.807, 2.05) is 25.1 Å². The lowest BCUT2D eigenvalue weighted by molar-refractivity contribution is 0.490. The van der Waals surface area contributed by atoms with Crippen LogP contribution in [-0.2, 0) is 0 Å². The van der Waals surface area contributed by atoms with E-state index in [-0.39, 0.29) is 5.82 Å². The fourth-order valence-electron chi connectivity index (χ4n) is 2.08. The second kappa shape index (κ2) is 4.70. The molecule has 0 aliphatic heterocycles. The first-order chi connectivity index (χ1) is 9.66. The van der Waals surface area contributed by atoms with Crippen molar-refractivity contribution in [2.24, 2.45) is 0 Å². The van der Waals surface area contributed by atoms with Crippen LogP contribution in [0, 0.1) is 6.92 Å². The van der Waals surface area contributed by atoms with E-state index in [0.717, 1.165) is 16.3 Å². The van der Waals surface area contributed by atoms with Gasteiger partial charge in [-0.1, -0.05) is 6.07 Å². The number of hydrogen-bond acceptors (Lipinski definition) is 5. The average Bonchev–Trinajstić information content (AvgIpc) is 2.47. The Balaban J connectivity index is 2.12. The van der Waals surface area contributed by atoms with Gasteiger partial charge in [-0.3, -0.25) is 4.98 Å². The molecular weight excluding hydrogens is 252 g/mol. The van der Waals surface area contributed by atoms with Gasteiger partial charge in [0.15, 0.2) is 5.75 Å². The van der Waals surface area contributed by atoms with E-state index in [1.165, 1.54) is 0 Å². The molecule has 0 amide bonds. The minimum absolute atomic E-state index is 0.261. The van der Waals surface area contributed by atoms with Crippen molar-refractivity contribution in [3.8, 4) is 11.5 Å². The first kappa shape index (κ1) is 12.2. The normalized spacial score (nSPS) is 10.7. The lowest BCUT2D eigenvalue weighted by atomic mass is 10.1. The number of aromatic nitrogens is 2. The van der Waals surface area contributed by atoms with Gasteiger partial charge in [0.25, 0.3) is 0 Å². The molecule has 100 valence electrons. The lowest BCUT2D eigenvalue weighted by Gasteiger charge is -2.12. The van der Waals surface area contributed by atoms with Crippen molar-refractivity contribution in [1.82, 2.24) is 9.97 Å². The first-order valence-electron chi connectivity index (χ1n) is 6.18. The lowest BCUT2D eigenvalue weighted by Crippen LogP contribution is -2.00. The molecule has 5 nitrogen and oxygen atoms in total. The van der Waals surface area contributed by atoms with Crippen LogP contribution in [0.5, 0.6) is 11.5 Å². The van der Waals surface area contributed by atoms with Gasteiger partial charge < -0.3 is 16.2 Å². The number of anilines is 2. The smallest absolute Gasteiger partial charge is 0.155 e. The fraction of sp³-hybridized carbons (Fsp3) is 0.0667. The summed E-state index contributed by atoms with van der Waals surface area (Å²) in [5, 5.41) is 2.03. The Labute approximate surface area is 116 Å². The van der Waals surface area contributed by atoms with Crippen LogP contribution in [0.25, 0.3) is 10.8 Å². The van der Waals surface area contributed by atoms with Crippen molar-refractivity contribution >= 4 is 22.3 Å². The number of nitrogens with two attached hydrogens (primary N) is 2. The third-order valence-corrected chi connectivity index (χ3v) is 3.20. The molecule has 3 aromatic rings. The standard InChI is InChI=1S/C15H14N4O/c1-9-2-3-12(11-8-18-6-4-10(9)11)20-13-5-7-19-15(17)14(13)16/h2-8H,16H2,1H3,(H2,17,19). The largest absolute Gasteiger partial charge is 0.454 e. The summed E-state index contributed by atoms with van der Waals surface area (Å²) in [5.41, 5.74) is 13.1. The highest BCUT2D eigenvalue weighted by atomic mass is 16.5. The summed E-state index contributed by atoms with van der Waals surface area (Å²) in [4.78, 5) is 8.07. The molecule has 0 aliphatic carbocycles. The average molecular weight is 266 g/mol. The number of nitrogen functional groups attached to an aromatic ring is 2. The van der Waals surface area contributed by atoms with E-state index in [1.54, 1.807) is 24.7 Å². The van der Waals surface area contributed by atoms with Crippen LogP contribution >= 0.6 is 0 Å². The van der Waals surface area contributed by atoms with Gasteiger partial charge in [-0.2, -0.15) is 0 Å². The van der Waals surface area contributed by atoms with Gasteiger partial charge in [0.2, 0.25) is 0 Å². The van der Waals surface area contributed by atoms with Crippen molar-refractivity contribution in [2.75, 3.05) is 11.5 Å². The van der Waals surface area contributed by atoms with Crippen LogP contribution in [0.15, 0.2) is 42.9 Å². The highest BCUT2D eigenvalue weighted by molar-refractivity contribution is 5.90. The molecule has 2 aromatic heterocycles. The van der Waals surface area contributed by atoms with Crippen LogP contribution < -0.4 is 16.2 Å².